The Morgan fingerprint density at radius 1 is 1.40 bits per heavy atom. The number of aliphatic carboxylic acids is 1. The summed E-state index contributed by atoms with van der Waals surface area (Å²) in [5, 5.41) is 17.7. The van der Waals surface area contributed by atoms with E-state index in [0.29, 0.717) is 0 Å². The Kier molecular flexibility index (Phi) is 4.85. The van der Waals surface area contributed by atoms with Crippen molar-refractivity contribution >= 4 is 12.0 Å². The van der Waals surface area contributed by atoms with Crippen molar-refractivity contribution in [2.75, 3.05) is 32.8 Å². The molecule has 1 heterocycles. The molecule has 2 N–H and O–H groups in total. The molecule has 0 radical (unpaired) electrons. The fourth-order valence-electron chi connectivity index (χ4n) is 2.21. The van der Waals surface area contributed by atoms with Gasteiger partial charge in [0.05, 0.1) is 6.61 Å². The van der Waals surface area contributed by atoms with Crippen LogP contribution in [0.4, 0.5) is 18.0 Å². The smallest absolute Gasteiger partial charge is 0.406 e. The number of amides is 2. The molecule has 0 aromatic heterocycles. The molecule has 0 aliphatic carbocycles. The second-order valence-electron chi connectivity index (χ2n) is 4.64. The zero-order valence-electron chi connectivity index (χ0n) is 11.0. The number of urea groups is 1. The molecule has 0 spiro atoms. The number of hydrogen-bond donors (Lipinski definition) is 2. The first-order valence-corrected chi connectivity index (χ1v) is 6.14. The second kappa shape index (κ2) is 5.86. The molecule has 6 nitrogen and oxygen atoms in total. The van der Waals surface area contributed by atoms with Gasteiger partial charge in [0.15, 0.2) is 5.41 Å². The number of aliphatic hydroxyl groups is 1. The van der Waals surface area contributed by atoms with E-state index in [-0.39, 0.29) is 26.2 Å². The Morgan fingerprint density at radius 3 is 2.35 bits per heavy atom. The summed E-state index contributed by atoms with van der Waals surface area (Å²) in [6.07, 6.45) is -5.57. The number of halogens is 3. The highest BCUT2D eigenvalue weighted by molar-refractivity contribution is 5.80. The predicted octanol–water partition coefficient (Wildman–Crippen LogP) is 0.760. The van der Waals surface area contributed by atoms with Crippen LogP contribution in [-0.4, -0.2) is 71.0 Å². The van der Waals surface area contributed by atoms with E-state index < -0.39 is 36.6 Å². The quantitative estimate of drug-likeness (QED) is 0.803. The molecule has 0 aromatic rings. The van der Waals surface area contributed by atoms with Crippen molar-refractivity contribution < 1.29 is 33.0 Å². The molecule has 1 atom stereocenters. The van der Waals surface area contributed by atoms with Gasteiger partial charge in [-0.05, 0) is 13.3 Å². The Bertz CT molecular complexity index is 388. The van der Waals surface area contributed by atoms with Crippen LogP contribution in [0.3, 0.4) is 0 Å². The van der Waals surface area contributed by atoms with Gasteiger partial charge in [0.1, 0.15) is 0 Å². The first-order chi connectivity index (χ1) is 9.19. The molecule has 20 heavy (non-hydrogen) atoms. The molecule has 0 bridgehead atoms. The summed E-state index contributed by atoms with van der Waals surface area (Å²) in [4.78, 5) is 25.0. The first-order valence-electron chi connectivity index (χ1n) is 6.14. The molecule has 1 rings (SSSR count). The van der Waals surface area contributed by atoms with Crippen LogP contribution in [0.1, 0.15) is 13.3 Å². The van der Waals surface area contributed by atoms with Gasteiger partial charge >= 0.3 is 18.2 Å². The number of rotatable bonds is 4. The number of likely N-dealkylation sites (tertiary alicyclic amines) is 1. The third kappa shape index (κ3) is 2.82. The Morgan fingerprint density at radius 2 is 2.00 bits per heavy atom. The SMILES string of the molecule is CCN(CCO)C(=O)N1CCC(C(=O)O)(C(F)(F)F)C1. The summed E-state index contributed by atoms with van der Waals surface area (Å²) in [5.74, 6) is -1.97. The van der Waals surface area contributed by atoms with Gasteiger partial charge < -0.3 is 20.0 Å². The lowest BCUT2D eigenvalue weighted by Gasteiger charge is -2.29. The van der Waals surface area contributed by atoms with Crippen molar-refractivity contribution in [1.29, 1.82) is 0 Å². The predicted molar refractivity (Wildman–Crippen MR) is 62.0 cm³/mol. The van der Waals surface area contributed by atoms with Crippen molar-refractivity contribution in [2.45, 2.75) is 19.5 Å². The Labute approximate surface area is 113 Å². The maximum atomic E-state index is 13.0. The Balaban J connectivity index is 2.89. The van der Waals surface area contributed by atoms with Gasteiger partial charge in [0, 0.05) is 26.2 Å². The highest BCUT2D eigenvalue weighted by Gasteiger charge is 2.64. The van der Waals surface area contributed by atoms with Crippen LogP contribution in [0.2, 0.25) is 0 Å². The van der Waals surface area contributed by atoms with E-state index in [1.165, 1.54) is 4.90 Å². The topological polar surface area (TPSA) is 81.1 Å². The van der Waals surface area contributed by atoms with Gasteiger partial charge in [0.25, 0.3) is 0 Å². The summed E-state index contributed by atoms with van der Waals surface area (Å²) in [6, 6.07) is -0.686. The number of carbonyl (C=O) groups is 2. The number of carboxylic acid groups (broad SMARTS) is 1. The van der Waals surface area contributed by atoms with Crippen LogP contribution in [0.15, 0.2) is 0 Å². The first kappa shape index (κ1) is 16.5. The van der Waals surface area contributed by atoms with Crippen molar-refractivity contribution in [3.05, 3.63) is 0 Å². The highest BCUT2D eigenvalue weighted by atomic mass is 19.4. The number of carboxylic acids is 1. The normalized spacial score (nSPS) is 22.9. The zero-order chi connectivity index (χ0) is 15.6. The molecule has 2 amide bonds. The highest BCUT2D eigenvalue weighted by Crippen LogP contribution is 2.45. The summed E-state index contributed by atoms with van der Waals surface area (Å²) < 4.78 is 38.9. The molecule has 1 fully saturated rings. The molecule has 116 valence electrons. The number of likely N-dealkylation sites (N-methyl/N-ethyl adjacent to an activating group) is 1. The summed E-state index contributed by atoms with van der Waals surface area (Å²) in [5.41, 5.74) is -2.90. The van der Waals surface area contributed by atoms with Crippen molar-refractivity contribution in [2.24, 2.45) is 5.41 Å². The van der Waals surface area contributed by atoms with Crippen LogP contribution in [0.5, 0.6) is 0 Å². The lowest BCUT2D eigenvalue weighted by molar-refractivity contribution is -0.227. The average Bonchev–Trinajstić information content (AvgIpc) is 2.81. The minimum absolute atomic E-state index is 0.00206. The van der Waals surface area contributed by atoms with Crippen LogP contribution >= 0.6 is 0 Å². The summed E-state index contributed by atoms with van der Waals surface area (Å²) in [6.45, 7) is 0.369. The molecule has 1 aliphatic heterocycles. The second-order valence-corrected chi connectivity index (χ2v) is 4.64. The van der Waals surface area contributed by atoms with E-state index in [1.54, 1.807) is 6.92 Å². The van der Waals surface area contributed by atoms with Crippen LogP contribution in [0.25, 0.3) is 0 Å². The van der Waals surface area contributed by atoms with Gasteiger partial charge in [-0.25, -0.2) is 4.79 Å². The standard InChI is InChI=1S/C11H17F3N2O4/c1-2-15(5-6-17)9(20)16-4-3-10(7-16,8(18)19)11(12,13)14/h17H,2-7H2,1H3,(H,18,19). The Hall–Kier alpha value is -1.51. The number of aliphatic hydroxyl groups excluding tert-OH is 1. The molecular weight excluding hydrogens is 281 g/mol. The fourth-order valence-corrected chi connectivity index (χ4v) is 2.21. The lowest BCUT2D eigenvalue weighted by atomic mass is 9.86. The van der Waals surface area contributed by atoms with Gasteiger partial charge in [-0.3, -0.25) is 4.79 Å². The monoisotopic (exact) mass is 298 g/mol. The van der Waals surface area contributed by atoms with Gasteiger partial charge in [0.2, 0.25) is 0 Å². The minimum Gasteiger partial charge on any atom is -0.481 e. The molecule has 0 saturated carbocycles. The fraction of sp³-hybridized carbons (Fsp3) is 0.818. The lowest BCUT2D eigenvalue weighted by Crippen LogP contribution is -2.50. The molecule has 0 aromatic carbocycles. The van der Waals surface area contributed by atoms with E-state index in [2.05, 4.69) is 0 Å². The van der Waals surface area contributed by atoms with Crippen LogP contribution < -0.4 is 0 Å². The van der Waals surface area contributed by atoms with Crippen LogP contribution in [-0.2, 0) is 4.79 Å². The van der Waals surface area contributed by atoms with E-state index in [4.69, 9.17) is 10.2 Å². The maximum Gasteiger partial charge on any atom is 0.406 e. The van der Waals surface area contributed by atoms with Crippen LogP contribution in [0, 0.1) is 5.41 Å². The molecule has 1 aliphatic rings. The van der Waals surface area contributed by atoms with E-state index in [9.17, 15) is 22.8 Å². The van der Waals surface area contributed by atoms with E-state index in [0.717, 1.165) is 4.90 Å². The minimum atomic E-state index is -4.91. The van der Waals surface area contributed by atoms with Crippen molar-refractivity contribution in [3.63, 3.8) is 0 Å². The molecule has 9 heteroatoms. The number of alkyl halides is 3. The van der Waals surface area contributed by atoms with Crippen molar-refractivity contribution in [1.82, 2.24) is 9.80 Å². The van der Waals surface area contributed by atoms with Gasteiger partial charge in [-0.1, -0.05) is 0 Å². The van der Waals surface area contributed by atoms with E-state index in [1.807, 2.05) is 0 Å². The van der Waals surface area contributed by atoms with E-state index >= 15 is 0 Å². The maximum absolute atomic E-state index is 13.0. The molecule has 1 saturated heterocycles. The summed E-state index contributed by atoms with van der Waals surface area (Å²) in [7, 11) is 0. The summed E-state index contributed by atoms with van der Waals surface area (Å²) >= 11 is 0. The molecule has 1 unspecified atom stereocenters. The number of carbonyl (C=O) groups excluding carboxylic acids is 1. The third-order valence-corrected chi connectivity index (χ3v) is 3.51. The van der Waals surface area contributed by atoms with Gasteiger partial charge in [-0.15, -0.1) is 0 Å². The largest absolute Gasteiger partial charge is 0.481 e. The molecular formula is C11H17F3N2O4. The number of hydrogen-bond acceptors (Lipinski definition) is 3. The zero-order valence-corrected chi connectivity index (χ0v) is 11.0. The number of nitrogens with zero attached hydrogens (tertiary/aromatic N) is 2. The van der Waals surface area contributed by atoms with Crippen molar-refractivity contribution in [3.8, 4) is 0 Å². The van der Waals surface area contributed by atoms with Gasteiger partial charge in [-0.2, -0.15) is 13.2 Å². The average molecular weight is 298 g/mol. The third-order valence-electron chi connectivity index (χ3n) is 3.51.